The molecule has 3 N–H and O–H groups in total. The molecule has 0 aliphatic carbocycles. The Balaban J connectivity index is 2.10. The number of hydrogen-bond acceptors (Lipinski definition) is 8. The van der Waals surface area contributed by atoms with Crippen molar-refractivity contribution in [3.05, 3.63) is 47.3 Å². The molecule has 0 bridgehead atoms. The van der Waals surface area contributed by atoms with Crippen molar-refractivity contribution in [2.24, 2.45) is 0 Å². The molecule has 194 valence electrons. The number of anilines is 1. The molecule has 0 aliphatic heterocycles. The lowest BCUT2D eigenvalue weighted by atomic mass is 10.0. The SMILES string of the molecule is CCS(=O)(=O)Nc1nc2oc(-c3ccc(F)cc3)c(C(=O)NC)c2cc1CCCC(=O)NS(C)(=O)=O. The number of furan rings is 1. The van der Waals surface area contributed by atoms with E-state index >= 15 is 0 Å². The Labute approximate surface area is 207 Å². The molecule has 11 nitrogen and oxygen atoms in total. The van der Waals surface area contributed by atoms with Crippen LogP contribution in [0.5, 0.6) is 0 Å². The predicted molar refractivity (Wildman–Crippen MR) is 132 cm³/mol. The largest absolute Gasteiger partial charge is 0.437 e. The van der Waals surface area contributed by atoms with Gasteiger partial charge in [0.2, 0.25) is 31.7 Å². The first kappa shape index (κ1) is 27.1. The lowest BCUT2D eigenvalue weighted by Gasteiger charge is -2.11. The molecule has 0 atom stereocenters. The highest BCUT2D eigenvalue weighted by molar-refractivity contribution is 7.92. The fraction of sp³-hybridized carbons (Fsp3) is 0.318. The van der Waals surface area contributed by atoms with Crippen LogP contribution in [-0.2, 0) is 31.3 Å². The van der Waals surface area contributed by atoms with Gasteiger partial charge in [0.15, 0.2) is 0 Å². The number of nitrogens with zero attached hydrogens (tertiary/aromatic N) is 1. The molecule has 0 saturated heterocycles. The molecule has 0 spiro atoms. The summed E-state index contributed by atoms with van der Waals surface area (Å²) in [6.45, 7) is 1.44. The van der Waals surface area contributed by atoms with Gasteiger partial charge in [0.1, 0.15) is 17.4 Å². The van der Waals surface area contributed by atoms with E-state index in [1.54, 1.807) is 0 Å². The van der Waals surface area contributed by atoms with Crippen molar-refractivity contribution in [1.29, 1.82) is 0 Å². The zero-order chi connectivity index (χ0) is 26.7. The van der Waals surface area contributed by atoms with Gasteiger partial charge < -0.3 is 9.73 Å². The monoisotopic (exact) mass is 540 g/mol. The van der Waals surface area contributed by atoms with E-state index in [1.165, 1.54) is 44.3 Å². The van der Waals surface area contributed by atoms with Gasteiger partial charge in [-0.3, -0.25) is 19.0 Å². The second-order valence-electron chi connectivity index (χ2n) is 7.90. The van der Waals surface area contributed by atoms with E-state index in [-0.39, 0.29) is 53.3 Å². The summed E-state index contributed by atoms with van der Waals surface area (Å²) < 4.78 is 70.5. The Morgan fingerprint density at radius 2 is 1.78 bits per heavy atom. The Morgan fingerprint density at radius 3 is 2.36 bits per heavy atom. The van der Waals surface area contributed by atoms with Crippen LogP contribution in [0.15, 0.2) is 34.7 Å². The molecule has 3 aromatic rings. The van der Waals surface area contributed by atoms with Gasteiger partial charge in [-0.1, -0.05) is 0 Å². The zero-order valence-corrected chi connectivity index (χ0v) is 21.3. The van der Waals surface area contributed by atoms with E-state index < -0.39 is 37.7 Å². The second kappa shape index (κ2) is 10.6. The van der Waals surface area contributed by atoms with Crippen molar-refractivity contribution < 1.29 is 35.2 Å². The Bertz CT molecular complexity index is 1520. The van der Waals surface area contributed by atoms with Crippen LogP contribution < -0.4 is 14.8 Å². The number of sulfonamides is 2. The van der Waals surface area contributed by atoms with E-state index in [0.29, 0.717) is 11.1 Å². The van der Waals surface area contributed by atoms with Gasteiger partial charge in [-0.25, -0.2) is 21.2 Å². The van der Waals surface area contributed by atoms with Crippen molar-refractivity contribution in [2.75, 3.05) is 23.8 Å². The van der Waals surface area contributed by atoms with Gasteiger partial charge in [0.25, 0.3) is 5.91 Å². The molecule has 14 heteroatoms. The average Bonchev–Trinajstić information content (AvgIpc) is 3.15. The number of halogens is 1. The first-order chi connectivity index (χ1) is 16.8. The van der Waals surface area contributed by atoms with Gasteiger partial charge in [-0.05, 0) is 55.7 Å². The standard InChI is InChI=1S/C22H25FN4O7S2/c1-4-36(32,33)27-20-14(6-5-7-17(28)26-35(3,30)31)12-16-18(21(29)24-2)19(34-22(16)25-20)13-8-10-15(23)11-9-13/h8-12H,4-7H2,1-3H3,(H,24,29)(H,25,27)(H,26,28). The third kappa shape index (κ3) is 6.57. The van der Waals surface area contributed by atoms with Gasteiger partial charge in [-0.2, -0.15) is 4.98 Å². The highest BCUT2D eigenvalue weighted by Crippen LogP contribution is 2.35. The minimum absolute atomic E-state index is 0.0275. The minimum Gasteiger partial charge on any atom is -0.437 e. The number of aromatic nitrogens is 1. The van der Waals surface area contributed by atoms with E-state index in [9.17, 15) is 30.8 Å². The van der Waals surface area contributed by atoms with Gasteiger partial charge in [-0.15, -0.1) is 0 Å². The van der Waals surface area contributed by atoms with Crippen LogP contribution in [0.25, 0.3) is 22.4 Å². The highest BCUT2D eigenvalue weighted by atomic mass is 32.2. The van der Waals surface area contributed by atoms with Crippen LogP contribution in [0.1, 0.15) is 35.7 Å². The maximum Gasteiger partial charge on any atom is 0.255 e. The lowest BCUT2D eigenvalue weighted by molar-refractivity contribution is -0.119. The maximum absolute atomic E-state index is 13.4. The highest BCUT2D eigenvalue weighted by Gasteiger charge is 2.25. The first-order valence-electron chi connectivity index (χ1n) is 10.8. The van der Waals surface area contributed by atoms with E-state index in [1.807, 2.05) is 4.72 Å². The Hall–Kier alpha value is -3.52. The molecular weight excluding hydrogens is 515 g/mol. The number of aryl methyl sites for hydroxylation is 1. The second-order valence-corrected chi connectivity index (χ2v) is 11.7. The van der Waals surface area contributed by atoms with Gasteiger partial charge in [0, 0.05) is 19.0 Å². The lowest BCUT2D eigenvalue weighted by Crippen LogP contribution is -2.29. The molecule has 2 heterocycles. The molecule has 36 heavy (non-hydrogen) atoms. The van der Waals surface area contributed by atoms with Crippen molar-refractivity contribution in [1.82, 2.24) is 15.0 Å². The van der Waals surface area contributed by atoms with Crippen LogP contribution in [0.2, 0.25) is 0 Å². The number of pyridine rings is 1. The van der Waals surface area contributed by atoms with Crippen molar-refractivity contribution in [2.45, 2.75) is 26.2 Å². The van der Waals surface area contributed by atoms with Gasteiger partial charge >= 0.3 is 0 Å². The van der Waals surface area contributed by atoms with Crippen molar-refractivity contribution >= 4 is 48.8 Å². The summed E-state index contributed by atoms with van der Waals surface area (Å²) in [5, 5.41) is 2.80. The zero-order valence-electron chi connectivity index (χ0n) is 19.7. The normalized spacial score (nSPS) is 11.9. The average molecular weight is 541 g/mol. The molecule has 0 radical (unpaired) electrons. The predicted octanol–water partition coefficient (Wildman–Crippen LogP) is 2.15. The Morgan fingerprint density at radius 1 is 1.11 bits per heavy atom. The summed E-state index contributed by atoms with van der Waals surface area (Å²) >= 11 is 0. The number of rotatable bonds is 10. The van der Waals surface area contributed by atoms with Crippen LogP contribution in [-0.4, -0.2) is 52.7 Å². The van der Waals surface area contributed by atoms with Crippen LogP contribution in [0.3, 0.4) is 0 Å². The third-order valence-corrected chi connectivity index (χ3v) is 6.97. The molecular formula is C22H25FN4O7S2. The summed E-state index contributed by atoms with van der Waals surface area (Å²) in [4.78, 5) is 28.9. The first-order valence-corrected chi connectivity index (χ1v) is 14.3. The number of amides is 2. The number of carbonyl (C=O) groups is 2. The maximum atomic E-state index is 13.4. The minimum atomic E-state index is -3.74. The van der Waals surface area contributed by atoms with Crippen LogP contribution >= 0.6 is 0 Å². The molecule has 0 aliphatic rings. The molecule has 0 unspecified atom stereocenters. The number of nitrogens with one attached hydrogen (secondary N) is 3. The van der Waals surface area contributed by atoms with Crippen LogP contribution in [0.4, 0.5) is 10.2 Å². The van der Waals surface area contributed by atoms with E-state index in [0.717, 1.165) is 6.26 Å². The molecule has 0 saturated carbocycles. The summed E-state index contributed by atoms with van der Waals surface area (Å²) in [6, 6.07) is 6.81. The smallest absolute Gasteiger partial charge is 0.255 e. The molecule has 0 fully saturated rings. The van der Waals surface area contributed by atoms with Crippen molar-refractivity contribution in [3.8, 4) is 11.3 Å². The summed E-state index contributed by atoms with van der Waals surface area (Å²) in [6.07, 6.45) is 0.997. The van der Waals surface area contributed by atoms with Gasteiger partial charge in [0.05, 0.1) is 23.0 Å². The molecule has 2 aromatic heterocycles. The number of benzene rings is 1. The fourth-order valence-corrected chi connectivity index (χ4v) is 4.55. The number of hydrogen-bond donors (Lipinski definition) is 3. The summed E-state index contributed by atoms with van der Waals surface area (Å²) in [5.74, 6) is -1.86. The fourth-order valence-electron chi connectivity index (χ4n) is 3.42. The quantitative estimate of drug-likeness (QED) is 0.352. The Kier molecular flexibility index (Phi) is 7.99. The summed E-state index contributed by atoms with van der Waals surface area (Å²) in [7, 11) is -6.03. The molecule has 2 amide bonds. The van der Waals surface area contributed by atoms with Crippen LogP contribution in [0, 0.1) is 5.82 Å². The topological polar surface area (TPSA) is 165 Å². The van der Waals surface area contributed by atoms with E-state index in [2.05, 4.69) is 15.0 Å². The number of fused-ring (bicyclic) bond motifs is 1. The molecule has 1 aromatic carbocycles. The number of carbonyl (C=O) groups excluding carboxylic acids is 2. The molecule has 3 rings (SSSR count). The summed E-state index contributed by atoms with van der Waals surface area (Å²) in [5.41, 5.74) is 0.860. The van der Waals surface area contributed by atoms with E-state index in [4.69, 9.17) is 4.42 Å². The van der Waals surface area contributed by atoms with Crippen molar-refractivity contribution in [3.63, 3.8) is 0 Å². The third-order valence-electron chi connectivity index (χ3n) is 5.10.